The molecule has 0 saturated heterocycles. The molecule has 0 N–H and O–H groups in total. The summed E-state index contributed by atoms with van der Waals surface area (Å²) in [6, 6.07) is 10.2. The molecule has 0 saturated carbocycles. The van der Waals surface area contributed by atoms with Crippen LogP contribution in [0.2, 0.25) is 0 Å². The van der Waals surface area contributed by atoms with Gasteiger partial charge in [-0.1, -0.05) is 18.2 Å². The van der Waals surface area contributed by atoms with Gasteiger partial charge in [0, 0.05) is 12.1 Å². The number of rotatable bonds is 4. The molecule has 0 fully saturated rings. The zero-order chi connectivity index (χ0) is 15.5. The van der Waals surface area contributed by atoms with E-state index in [-0.39, 0.29) is 18.0 Å². The van der Waals surface area contributed by atoms with Crippen LogP contribution in [0, 0.1) is 10.1 Å². The van der Waals surface area contributed by atoms with Gasteiger partial charge in [-0.25, -0.2) is 0 Å². The molecule has 0 radical (unpaired) electrons. The van der Waals surface area contributed by atoms with Crippen LogP contribution in [0.4, 0.5) is 18.9 Å². The van der Waals surface area contributed by atoms with Gasteiger partial charge in [-0.15, -0.1) is 0 Å². The summed E-state index contributed by atoms with van der Waals surface area (Å²) < 4.78 is 42.9. The third-order valence-electron chi connectivity index (χ3n) is 2.69. The van der Waals surface area contributed by atoms with E-state index < -0.39 is 16.7 Å². The Kier molecular flexibility index (Phi) is 4.11. The molecular formula is C14H10F3NO3. The first-order chi connectivity index (χ1) is 9.86. The third-order valence-corrected chi connectivity index (χ3v) is 2.69. The average Bonchev–Trinajstić information content (AvgIpc) is 2.45. The largest absolute Gasteiger partial charge is 0.489 e. The van der Waals surface area contributed by atoms with Crippen LogP contribution in [0.1, 0.15) is 11.1 Å². The van der Waals surface area contributed by atoms with E-state index in [2.05, 4.69) is 0 Å². The quantitative estimate of drug-likeness (QED) is 0.628. The SMILES string of the molecule is O=[N+]([O-])c1cccc(COc2cccc(C(F)(F)F)c2)c1. The molecule has 0 spiro atoms. The number of benzene rings is 2. The van der Waals surface area contributed by atoms with Crippen molar-refractivity contribution in [1.29, 1.82) is 0 Å². The molecule has 0 aliphatic rings. The molecule has 0 aliphatic carbocycles. The maximum Gasteiger partial charge on any atom is 0.416 e. The minimum absolute atomic E-state index is 0.0522. The summed E-state index contributed by atoms with van der Waals surface area (Å²) in [5, 5.41) is 10.6. The van der Waals surface area contributed by atoms with Gasteiger partial charge in [0.1, 0.15) is 12.4 Å². The predicted molar refractivity (Wildman–Crippen MR) is 68.9 cm³/mol. The number of nitrogens with zero attached hydrogens (tertiary/aromatic N) is 1. The summed E-state index contributed by atoms with van der Waals surface area (Å²) >= 11 is 0. The number of alkyl halides is 3. The standard InChI is InChI=1S/C14H10F3NO3/c15-14(16,17)11-4-2-6-13(8-11)21-9-10-3-1-5-12(7-10)18(19)20/h1-8H,9H2. The van der Waals surface area contributed by atoms with Crippen LogP contribution in [0.25, 0.3) is 0 Å². The zero-order valence-corrected chi connectivity index (χ0v) is 10.6. The highest BCUT2D eigenvalue weighted by molar-refractivity contribution is 5.35. The van der Waals surface area contributed by atoms with Gasteiger partial charge in [0.2, 0.25) is 0 Å². The van der Waals surface area contributed by atoms with E-state index in [4.69, 9.17) is 4.74 Å². The Morgan fingerprint density at radius 2 is 1.81 bits per heavy atom. The molecule has 2 rings (SSSR count). The molecule has 0 bridgehead atoms. The second kappa shape index (κ2) is 5.82. The molecule has 0 aliphatic heterocycles. The lowest BCUT2D eigenvalue weighted by atomic mass is 10.2. The molecule has 0 atom stereocenters. The van der Waals surface area contributed by atoms with Crippen LogP contribution < -0.4 is 4.74 Å². The molecule has 0 heterocycles. The van der Waals surface area contributed by atoms with E-state index >= 15 is 0 Å². The highest BCUT2D eigenvalue weighted by Gasteiger charge is 2.30. The summed E-state index contributed by atoms with van der Waals surface area (Å²) in [6.07, 6.45) is -4.44. The minimum Gasteiger partial charge on any atom is -0.489 e. The number of halogens is 3. The first-order valence-corrected chi connectivity index (χ1v) is 5.89. The lowest BCUT2D eigenvalue weighted by Crippen LogP contribution is -2.05. The fraction of sp³-hybridized carbons (Fsp3) is 0.143. The van der Waals surface area contributed by atoms with Gasteiger partial charge in [-0.3, -0.25) is 10.1 Å². The number of ether oxygens (including phenoxy) is 1. The van der Waals surface area contributed by atoms with Crippen LogP contribution in [0.15, 0.2) is 48.5 Å². The Morgan fingerprint density at radius 1 is 1.10 bits per heavy atom. The van der Waals surface area contributed by atoms with Crippen molar-refractivity contribution in [2.75, 3.05) is 0 Å². The summed E-state index contributed by atoms with van der Waals surface area (Å²) in [5.74, 6) is 0.0522. The van der Waals surface area contributed by atoms with Crippen LogP contribution in [-0.4, -0.2) is 4.92 Å². The molecule has 4 nitrogen and oxygen atoms in total. The molecule has 21 heavy (non-hydrogen) atoms. The van der Waals surface area contributed by atoms with Gasteiger partial charge in [0.25, 0.3) is 5.69 Å². The minimum atomic E-state index is -4.44. The van der Waals surface area contributed by atoms with Crippen molar-refractivity contribution in [1.82, 2.24) is 0 Å². The van der Waals surface area contributed by atoms with E-state index in [0.717, 1.165) is 12.1 Å². The summed E-state index contributed by atoms with van der Waals surface area (Å²) in [6.45, 7) is -0.0526. The highest BCUT2D eigenvalue weighted by atomic mass is 19.4. The maximum absolute atomic E-state index is 12.5. The number of hydrogen-bond acceptors (Lipinski definition) is 3. The van der Waals surface area contributed by atoms with E-state index in [0.29, 0.717) is 5.56 Å². The molecule has 110 valence electrons. The van der Waals surface area contributed by atoms with Gasteiger partial charge in [0.05, 0.1) is 10.5 Å². The Morgan fingerprint density at radius 3 is 2.48 bits per heavy atom. The molecule has 0 aromatic heterocycles. The normalized spacial score (nSPS) is 11.2. The molecule has 7 heteroatoms. The Hall–Kier alpha value is -2.57. The molecular weight excluding hydrogens is 287 g/mol. The second-order valence-electron chi connectivity index (χ2n) is 4.24. The maximum atomic E-state index is 12.5. The van der Waals surface area contributed by atoms with E-state index in [1.807, 2.05) is 0 Å². The third kappa shape index (κ3) is 3.95. The van der Waals surface area contributed by atoms with E-state index in [9.17, 15) is 23.3 Å². The van der Waals surface area contributed by atoms with Gasteiger partial charge < -0.3 is 4.74 Å². The smallest absolute Gasteiger partial charge is 0.416 e. The van der Waals surface area contributed by atoms with Crippen molar-refractivity contribution in [2.24, 2.45) is 0 Å². The van der Waals surface area contributed by atoms with Crippen LogP contribution in [-0.2, 0) is 12.8 Å². The van der Waals surface area contributed by atoms with E-state index in [1.54, 1.807) is 6.07 Å². The topological polar surface area (TPSA) is 52.4 Å². The first-order valence-electron chi connectivity index (χ1n) is 5.89. The van der Waals surface area contributed by atoms with Gasteiger partial charge in [-0.05, 0) is 23.8 Å². The predicted octanol–water partition coefficient (Wildman–Crippen LogP) is 4.19. The Labute approximate surface area is 117 Å². The summed E-state index contributed by atoms with van der Waals surface area (Å²) in [7, 11) is 0. The Balaban J connectivity index is 2.10. The van der Waals surface area contributed by atoms with Crippen LogP contribution in [0.3, 0.4) is 0 Å². The van der Waals surface area contributed by atoms with Crippen molar-refractivity contribution in [3.05, 3.63) is 69.8 Å². The number of hydrogen-bond donors (Lipinski definition) is 0. The van der Waals surface area contributed by atoms with Gasteiger partial charge in [-0.2, -0.15) is 13.2 Å². The summed E-state index contributed by atoms with van der Waals surface area (Å²) in [5.41, 5.74) is -0.402. The molecule has 0 unspecified atom stereocenters. The van der Waals surface area contributed by atoms with Crippen molar-refractivity contribution in [3.8, 4) is 5.75 Å². The van der Waals surface area contributed by atoms with Crippen molar-refractivity contribution in [2.45, 2.75) is 12.8 Å². The first kappa shape index (κ1) is 14.8. The number of nitro benzene ring substituents is 1. The van der Waals surface area contributed by atoms with Crippen molar-refractivity contribution < 1.29 is 22.8 Å². The van der Waals surface area contributed by atoms with E-state index in [1.165, 1.54) is 30.3 Å². The average molecular weight is 297 g/mol. The monoisotopic (exact) mass is 297 g/mol. The van der Waals surface area contributed by atoms with Crippen LogP contribution in [0.5, 0.6) is 5.75 Å². The van der Waals surface area contributed by atoms with Crippen molar-refractivity contribution >= 4 is 5.69 Å². The zero-order valence-electron chi connectivity index (χ0n) is 10.6. The number of non-ortho nitro benzene ring substituents is 1. The van der Waals surface area contributed by atoms with Gasteiger partial charge >= 0.3 is 6.18 Å². The van der Waals surface area contributed by atoms with Crippen LogP contribution >= 0.6 is 0 Å². The number of nitro groups is 1. The lowest BCUT2D eigenvalue weighted by molar-refractivity contribution is -0.384. The van der Waals surface area contributed by atoms with Crippen molar-refractivity contribution in [3.63, 3.8) is 0 Å². The molecule has 2 aromatic rings. The lowest BCUT2D eigenvalue weighted by Gasteiger charge is -2.10. The Bertz CT molecular complexity index is 656. The second-order valence-corrected chi connectivity index (χ2v) is 4.24. The van der Waals surface area contributed by atoms with Gasteiger partial charge in [0.15, 0.2) is 0 Å². The fourth-order valence-corrected chi connectivity index (χ4v) is 1.69. The summed E-state index contributed by atoms with van der Waals surface area (Å²) in [4.78, 5) is 10.1. The molecule has 0 amide bonds. The fourth-order valence-electron chi connectivity index (χ4n) is 1.69. The molecule has 2 aromatic carbocycles. The highest BCUT2D eigenvalue weighted by Crippen LogP contribution is 2.31.